The molecule has 4 rings (SSSR count). The van der Waals surface area contributed by atoms with Crippen LogP contribution in [0.1, 0.15) is 38.2 Å². The number of amides is 3. The van der Waals surface area contributed by atoms with E-state index in [1.165, 1.54) is 12.8 Å². The monoisotopic (exact) mass is 355 g/mol. The van der Waals surface area contributed by atoms with Gasteiger partial charge in [0.2, 0.25) is 17.7 Å². The van der Waals surface area contributed by atoms with Gasteiger partial charge < -0.3 is 15.1 Å². The van der Waals surface area contributed by atoms with Crippen molar-refractivity contribution in [1.82, 2.24) is 5.32 Å². The van der Waals surface area contributed by atoms with Gasteiger partial charge in [0.25, 0.3) is 0 Å². The average molecular weight is 355 g/mol. The second-order valence-electron chi connectivity index (χ2n) is 7.56. The lowest BCUT2D eigenvalue weighted by Gasteiger charge is -2.20. The highest BCUT2D eigenvalue weighted by atomic mass is 16.2. The number of carbonyl (C=O) groups is 3. The highest BCUT2D eigenvalue weighted by molar-refractivity contribution is 6.01. The lowest BCUT2D eigenvalue weighted by molar-refractivity contribution is -0.126. The molecule has 1 saturated carbocycles. The molecule has 1 atom stereocenters. The first-order valence-electron chi connectivity index (χ1n) is 9.58. The summed E-state index contributed by atoms with van der Waals surface area (Å²) in [7, 11) is 0. The fraction of sp³-hybridized carbons (Fsp3) is 0.550. The van der Waals surface area contributed by atoms with Crippen molar-refractivity contribution >= 4 is 29.1 Å². The Morgan fingerprint density at radius 2 is 2.08 bits per heavy atom. The van der Waals surface area contributed by atoms with E-state index in [-0.39, 0.29) is 30.1 Å². The van der Waals surface area contributed by atoms with Gasteiger partial charge in [0, 0.05) is 43.9 Å². The van der Waals surface area contributed by atoms with Crippen LogP contribution in [0, 0.1) is 11.8 Å². The van der Waals surface area contributed by atoms with Gasteiger partial charge in [-0.25, -0.2) is 0 Å². The minimum absolute atomic E-state index is 0.00369. The van der Waals surface area contributed by atoms with Crippen LogP contribution in [-0.4, -0.2) is 37.4 Å². The van der Waals surface area contributed by atoms with Gasteiger partial charge in [0.05, 0.1) is 5.92 Å². The summed E-state index contributed by atoms with van der Waals surface area (Å²) in [6.45, 7) is 3.74. The first kappa shape index (κ1) is 17.1. The van der Waals surface area contributed by atoms with Crippen LogP contribution in [0.3, 0.4) is 0 Å². The summed E-state index contributed by atoms with van der Waals surface area (Å²) in [6.07, 6.45) is 3.96. The Bertz CT molecular complexity index is 757. The first-order valence-corrected chi connectivity index (χ1v) is 9.58. The van der Waals surface area contributed by atoms with Crippen LogP contribution in [0.25, 0.3) is 0 Å². The molecule has 2 aliphatic heterocycles. The van der Waals surface area contributed by atoms with Crippen LogP contribution in [0.2, 0.25) is 0 Å². The van der Waals surface area contributed by atoms with Crippen molar-refractivity contribution in [2.75, 3.05) is 29.4 Å². The minimum Gasteiger partial charge on any atom is -0.356 e. The summed E-state index contributed by atoms with van der Waals surface area (Å²) in [5.41, 5.74) is 2.88. The Balaban J connectivity index is 1.45. The fourth-order valence-electron chi connectivity index (χ4n) is 3.85. The molecule has 0 unspecified atom stereocenters. The molecule has 1 aromatic rings. The van der Waals surface area contributed by atoms with E-state index in [1.807, 2.05) is 30.0 Å². The predicted octanol–water partition coefficient (Wildman–Crippen LogP) is 1.86. The van der Waals surface area contributed by atoms with E-state index in [2.05, 4.69) is 5.32 Å². The van der Waals surface area contributed by atoms with Gasteiger partial charge >= 0.3 is 0 Å². The number of nitrogens with one attached hydrogen (secondary N) is 1. The summed E-state index contributed by atoms with van der Waals surface area (Å²) in [4.78, 5) is 40.3. The molecule has 0 aromatic heterocycles. The maximum absolute atomic E-state index is 12.4. The molecule has 26 heavy (non-hydrogen) atoms. The summed E-state index contributed by atoms with van der Waals surface area (Å²) < 4.78 is 0. The van der Waals surface area contributed by atoms with Crippen molar-refractivity contribution in [2.24, 2.45) is 11.8 Å². The van der Waals surface area contributed by atoms with E-state index in [0.29, 0.717) is 25.4 Å². The number of benzene rings is 1. The molecule has 6 heteroatoms. The minimum atomic E-state index is -0.271. The van der Waals surface area contributed by atoms with Crippen LogP contribution in [-0.2, 0) is 20.8 Å². The van der Waals surface area contributed by atoms with E-state index < -0.39 is 0 Å². The number of hydrogen-bond acceptors (Lipinski definition) is 3. The Morgan fingerprint density at radius 1 is 1.27 bits per heavy atom. The highest BCUT2D eigenvalue weighted by Gasteiger charge is 2.36. The number of rotatable bonds is 5. The van der Waals surface area contributed by atoms with E-state index in [4.69, 9.17) is 0 Å². The summed E-state index contributed by atoms with van der Waals surface area (Å²) in [5, 5.41) is 2.98. The van der Waals surface area contributed by atoms with Crippen LogP contribution >= 0.6 is 0 Å². The van der Waals surface area contributed by atoms with Crippen LogP contribution in [0.15, 0.2) is 18.2 Å². The summed E-state index contributed by atoms with van der Waals surface area (Å²) in [5.74, 6) is 0.483. The summed E-state index contributed by atoms with van der Waals surface area (Å²) >= 11 is 0. The van der Waals surface area contributed by atoms with E-state index >= 15 is 0 Å². The number of carbonyl (C=O) groups excluding carboxylic acids is 3. The molecule has 0 radical (unpaired) electrons. The Kier molecular flexibility index (Phi) is 4.42. The Morgan fingerprint density at radius 3 is 2.81 bits per heavy atom. The molecular weight excluding hydrogens is 330 g/mol. The molecule has 2 heterocycles. The molecule has 1 aliphatic carbocycles. The molecule has 3 aliphatic rings. The molecule has 1 aromatic carbocycles. The predicted molar refractivity (Wildman–Crippen MR) is 99.0 cm³/mol. The molecular formula is C20H25N3O3. The van der Waals surface area contributed by atoms with Crippen molar-refractivity contribution < 1.29 is 14.4 Å². The maximum Gasteiger partial charge on any atom is 0.227 e. The van der Waals surface area contributed by atoms with E-state index in [9.17, 15) is 14.4 Å². The van der Waals surface area contributed by atoms with Gasteiger partial charge in [-0.1, -0.05) is 6.92 Å². The van der Waals surface area contributed by atoms with Gasteiger partial charge in [-0.05, 0) is 48.9 Å². The molecule has 138 valence electrons. The topological polar surface area (TPSA) is 69.7 Å². The van der Waals surface area contributed by atoms with Gasteiger partial charge in [-0.15, -0.1) is 0 Å². The van der Waals surface area contributed by atoms with Crippen molar-refractivity contribution in [3.63, 3.8) is 0 Å². The zero-order valence-electron chi connectivity index (χ0n) is 15.2. The largest absolute Gasteiger partial charge is 0.356 e. The van der Waals surface area contributed by atoms with E-state index in [1.54, 1.807) is 4.90 Å². The fourth-order valence-corrected chi connectivity index (χ4v) is 3.85. The second-order valence-corrected chi connectivity index (χ2v) is 7.56. The molecule has 0 spiro atoms. The lowest BCUT2D eigenvalue weighted by Crippen LogP contribution is -2.34. The normalized spacial score (nSPS) is 21.9. The van der Waals surface area contributed by atoms with Crippen molar-refractivity contribution in [1.29, 1.82) is 0 Å². The highest BCUT2D eigenvalue weighted by Crippen LogP contribution is 2.34. The quantitative estimate of drug-likeness (QED) is 0.877. The lowest BCUT2D eigenvalue weighted by atomic mass is 10.1. The molecule has 1 N–H and O–H groups in total. The third-order valence-corrected chi connectivity index (χ3v) is 5.63. The molecule has 0 bridgehead atoms. The third kappa shape index (κ3) is 3.20. The zero-order chi connectivity index (χ0) is 18.3. The number of nitrogens with zero attached hydrogens (tertiary/aromatic N) is 2. The third-order valence-electron chi connectivity index (χ3n) is 5.63. The number of hydrogen-bond donors (Lipinski definition) is 1. The van der Waals surface area contributed by atoms with Gasteiger partial charge in [-0.2, -0.15) is 0 Å². The van der Waals surface area contributed by atoms with Crippen LogP contribution in [0.4, 0.5) is 11.4 Å². The molecule has 6 nitrogen and oxygen atoms in total. The first-order chi connectivity index (χ1) is 12.6. The zero-order valence-corrected chi connectivity index (χ0v) is 15.2. The van der Waals surface area contributed by atoms with Crippen LogP contribution in [0.5, 0.6) is 0 Å². The summed E-state index contributed by atoms with van der Waals surface area (Å²) in [6, 6.07) is 5.82. The van der Waals surface area contributed by atoms with Crippen molar-refractivity contribution in [3.05, 3.63) is 23.8 Å². The standard InChI is InChI=1S/C20H25N3O3/c1-2-18(24)22-8-7-14-9-16(5-6-17(14)22)23-12-15(10-19(23)25)20(26)21-11-13-3-4-13/h5-6,9,13,15H,2-4,7-8,10-12H2,1H3,(H,21,26)/t15-/m0/s1. The molecule has 3 amide bonds. The average Bonchev–Trinajstić information content (AvgIpc) is 3.26. The van der Waals surface area contributed by atoms with Gasteiger partial charge in [0.15, 0.2) is 0 Å². The Labute approximate surface area is 153 Å². The van der Waals surface area contributed by atoms with Crippen molar-refractivity contribution in [3.8, 4) is 0 Å². The second kappa shape index (κ2) is 6.74. The Hall–Kier alpha value is -2.37. The van der Waals surface area contributed by atoms with Crippen molar-refractivity contribution in [2.45, 2.75) is 39.0 Å². The maximum atomic E-state index is 12.4. The number of anilines is 2. The SMILES string of the molecule is CCC(=O)N1CCc2cc(N3C[C@@H](C(=O)NCC4CC4)CC3=O)ccc21. The van der Waals surface area contributed by atoms with Gasteiger partial charge in [-0.3, -0.25) is 14.4 Å². The molecule has 1 saturated heterocycles. The van der Waals surface area contributed by atoms with Crippen LogP contribution < -0.4 is 15.1 Å². The number of fused-ring (bicyclic) bond motifs is 1. The smallest absolute Gasteiger partial charge is 0.227 e. The van der Waals surface area contributed by atoms with Gasteiger partial charge in [0.1, 0.15) is 0 Å². The molecule has 2 fully saturated rings. The van der Waals surface area contributed by atoms with E-state index in [0.717, 1.165) is 29.9 Å².